The minimum Gasteiger partial charge on any atom is -0.463 e. The lowest BCUT2D eigenvalue weighted by Gasteiger charge is -2.18. The molecule has 0 aliphatic carbocycles. The van der Waals surface area contributed by atoms with Gasteiger partial charge in [-0.2, -0.15) is 0 Å². The number of hydrogen-bond donors (Lipinski definition) is 0. The van der Waals surface area contributed by atoms with Gasteiger partial charge in [-0.25, -0.2) is 0 Å². The minimum absolute atomic E-state index is 0.114. The zero-order chi connectivity index (χ0) is 49.2. The van der Waals surface area contributed by atoms with Crippen LogP contribution in [0, 0.1) is 0 Å². The first-order valence-corrected chi connectivity index (χ1v) is 29.1. The topological polar surface area (TPSA) is 61.8 Å². The van der Waals surface area contributed by atoms with Crippen LogP contribution in [0.4, 0.5) is 0 Å². The Kier molecular flexibility index (Phi) is 55.9. The van der Waals surface area contributed by atoms with Gasteiger partial charge >= 0.3 is 11.9 Å². The fourth-order valence-electron chi connectivity index (χ4n) is 8.03. The fraction of sp³-hybridized carbons (Fsp3) is 0.746. The van der Waals surface area contributed by atoms with Gasteiger partial charge in [0.2, 0.25) is 0 Å². The third-order valence-corrected chi connectivity index (χ3v) is 12.5. The van der Waals surface area contributed by atoms with Crippen LogP contribution >= 0.6 is 0 Å². The molecule has 0 rings (SSSR count). The van der Waals surface area contributed by atoms with Crippen LogP contribution in [0.25, 0.3) is 0 Å². The molecule has 0 saturated carbocycles. The normalized spacial score (nSPS) is 12.8. The highest BCUT2D eigenvalue weighted by Crippen LogP contribution is 2.15. The Balaban J connectivity index is 4.38. The van der Waals surface area contributed by atoms with E-state index in [4.69, 9.17) is 14.2 Å². The van der Waals surface area contributed by atoms with Gasteiger partial charge in [-0.1, -0.05) is 260 Å². The summed E-state index contributed by atoms with van der Waals surface area (Å²) in [6.07, 6.45) is 77.8. The molecule has 5 nitrogen and oxygen atoms in total. The summed E-state index contributed by atoms with van der Waals surface area (Å²) in [6, 6.07) is 0. The van der Waals surface area contributed by atoms with Gasteiger partial charge in [0.05, 0.1) is 0 Å². The second kappa shape index (κ2) is 58.4. The maximum atomic E-state index is 12.7. The molecule has 0 saturated heterocycles. The van der Waals surface area contributed by atoms with Crippen molar-refractivity contribution in [1.82, 2.24) is 0 Å². The third kappa shape index (κ3) is 55.7. The van der Waals surface area contributed by atoms with Gasteiger partial charge < -0.3 is 14.2 Å². The molecule has 0 N–H and O–H groups in total. The van der Waals surface area contributed by atoms with E-state index >= 15 is 0 Å². The predicted octanol–water partition coefficient (Wildman–Crippen LogP) is 20.0. The molecule has 0 amide bonds. The molecule has 0 aliphatic heterocycles. The van der Waals surface area contributed by atoms with E-state index in [1.54, 1.807) is 0 Å². The minimum atomic E-state index is -0.436. The summed E-state index contributed by atoms with van der Waals surface area (Å²) in [4.78, 5) is 25.3. The SMILES string of the molecule is CCCCC/C=C\C/C=C\C/C=C\C/C=C\C/C=C\CCC(=O)OC[C@H](COC(=O)CCCCCCCCC/C=C\C/C=C\CCCCC)OCCCCCCCCCCCCCCCCCC. The number of esters is 2. The van der Waals surface area contributed by atoms with Crippen molar-refractivity contribution in [3.8, 4) is 0 Å². The summed E-state index contributed by atoms with van der Waals surface area (Å²) in [5, 5.41) is 0. The number of hydrogen-bond acceptors (Lipinski definition) is 5. The summed E-state index contributed by atoms with van der Waals surface area (Å²) < 4.78 is 17.4. The first-order chi connectivity index (χ1) is 33.6. The zero-order valence-corrected chi connectivity index (χ0v) is 45.1. The molecule has 5 heteroatoms. The number of unbranched alkanes of at least 4 members (excludes halogenated alkanes) is 28. The third-order valence-electron chi connectivity index (χ3n) is 12.5. The average Bonchev–Trinajstić information content (AvgIpc) is 3.34. The van der Waals surface area contributed by atoms with Crippen LogP contribution in [-0.2, 0) is 23.8 Å². The van der Waals surface area contributed by atoms with Gasteiger partial charge in [0.25, 0.3) is 0 Å². The Bertz CT molecular complexity index is 1250. The number of allylic oxidation sites excluding steroid dienone is 14. The van der Waals surface area contributed by atoms with Gasteiger partial charge in [0.15, 0.2) is 0 Å². The Morgan fingerprint density at radius 2 is 0.588 bits per heavy atom. The van der Waals surface area contributed by atoms with Crippen LogP contribution in [0.2, 0.25) is 0 Å². The highest BCUT2D eigenvalue weighted by Gasteiger charge is 2.16. The van der Waals surface area contributed by atoms with Crippen LogP contribution < -0.4 is 0 Å². The Hall–Kier alpha value is -2.92. The summed E-state index contributed by atoms with van der Waals surface area (Å²) in [7, 11) is 0. The first-order valence-electron chi connectivity index (χ1n) is 29.1. The summed E-state index contributed by atoms with van der Waals surface area (Å²) in [6.45, 7) is 7.61. The van der Waals surface area contributed by atoms with Gasteiger partial charge in [0.1, 0.15) is 19.3 Å². The Morgan fingerprint density at radius 1 is 0.309 bits per heavy atom. The van der Waals surface area contributed by atoms with Crippen molar-refractivity contribution in [1.29, 1.82) is 0 Å². The summed E-state index contributed by atoms with van der Waals surface area (Å²) in [5.41, 5.74) is 0. The number of ether oxygens (including phenoxy) is 3. The molecule has 392 valence electrons. The average molecular weight is 948 g/mol. The molecule has 0 fully saturated rings. The van der Waals surface area contributed by atoms with Crippen LogP contribution in [0.1, 0.15) is 278 Å². The van der Waals surface area contributed by atoms with Gasteiger partial charge in [0, 0.05) is 19.4 Å². The van der Waals surface area contributed by atoms with Crippen molar-refractivity contribution in [2.75, 3.05) is 19.8 Å². The smallest absolute Gasteiger partial charge is 0.306 e. The molecule has 1 atom stereocenters. The van der Waals surface area contributed by atoms with Crippen LogP contribution in [0.15, 0.2) is 85.1 Å². The monoisotopic (exact) mass is 947 g/mol. The van der Waals surface area contributed by atoms with Gasteiger partial charge in [-0.15, -0.1) is 0 Å². The molecule has 0 radical (unpaired) electrons. The fourth-order valence-corrected chi connectivity index (χ4v) is 8.03. The van der Waals surface area contributed by atoms with Crippen molar-refractivity contribution in [3.63, 3.8) is 0 Å². The van der Waals surface area contributed by atoms with E-state index in [0.29, 0.717) is 25.9 Å². The highest BCUT2D eigenvalue weighted by atomic mass is 16.6. The molecule has 0 bridgehead atoms. The first kappa shape index (κ1) is 65.1. The van der Waals surface area contributed by atoms with Crippen LogP contribution in [0.5, 0.6) is 0 Å². The molecule has 0 spiro atoms. The van der Waals surface area contributed by atoms with Crippen molar-refractivity contribution in [2.45, 2.75) is 284 Å². The van der Waals surface area contributed by atoms with E-state index in [1.165, 1.54) is 173 Å². The number of carbonyl (C=O) groups is 2. The van der Waals surface area contributed by atoms with Gasteiger partial charge in [-0.3, -0.25) is 9.59 Å². The van der Waals surface area contributed by atoms with E-state index in [9.17, 15) is 9.59 Å². The number of carbonyl (C=O) groups excluding carboxylic acids is 2. The lowest BCUT2D eigenvalue weighted by atomic mass is 10.0. The Morgan fingerprint density at radius 3 is 0.985 bits per heavy atom. The molecule has 0 aromatic rings. The quantitative estimate of drug-likeness (QED) is 0.0345. The zero-order valence-electron chi connectivity index (χ0n) is 45.1. The van der Waals surface area contributed by atoms with E-state index in [1.807, 2.05) is 6.08 Å². The second-order valence-corrected chi connectivity index (χ2v) is 19.2. The lowest BCUT2D eigenvalue weighted by molar-refractivity contribution is -0.155. The van der Waals surface area contributed by atoms with E-state index in [0.717, 1.165) is 64.2 Å². The maximum absolute atomic E-state index is 12.7. The standard InChI is InChI=1S/C63H110O5/c1-4-7-10-13-16-19-22-25-28-31-32-34-36-39-42-45-48-51-54-57-63(65)68-60-61(66-58-55-52-49-46-43-40-37-30-27-24-21-18-15-12-9-6-3)59-67-62(64)56-53-50-47-44-41-38-35-33-29-26-23-20-17-14-11-8-5-2/h16-17,19-20,25-26,28-29,32,34,39,42,48,51,61H,4-15,18,21-24,27,30-31,33,35-38,40-41,43-47,49-50,52-60H2,1-3H3/b19-16-,20-17-,28-25-,29-26-,34-32-,42-39-,51-48-/t61-/m0/s1. The molecule has 68 heavy (non-hydrogen) atoms. The maximum Gasteiger partial charge on any atom is 0.306 e. The van der Waals surface area contributed by atoms with Crippen molar-refractivity contribution in [2.24, 2.45) is 0 Å². The molecule has 0 heterocycles. The molecular formula is C63H110O5. The predicted molar refractivity (Wildman–Crippen MR) is 297 cm³/mol. The highest BCUT2D eigenvalue weighted by molar-refractivity contribution is 5.70. The molecule has 0 aromatic heterocycles. The van der Waals surface area contributed by atoms with Crippen molar-refractivity contribution >= 4 is 11.9 Å². The van der Waals surface area contributed by atoms with Crippen LogP contribution in [-0.4, -0.2) is 37.9 Å². The largest absolute Gasteiger partial charge is 0.463 e. The number of rotatable bonds is 53. The molecule has 0 unspecified atom stereocenters. The van der Waals surface area contributed by atoms with Crippen LogP contribution in [0.3, 0.4) is 0 Å². The van der Waals surface area contributed by atoms with Crippen molar-refractivity contribution < 1.29 is 23.8 Å². The summed E-state index contributed by atoms with van der Waals surface area (Å²) in [5.74, 6) is -0.429. The molecular weight excluding hydrogens is 837 g/mol. The summed E-state index contributed by atoms with van der Waals surface area (Å²) >= 11 is 0. The van der Waals surface area contributed by atoms with E-state index < -0.39 is 6.10 Å². The van der Waals surface area contributed by atoms with E-state index in [-0.39, 0.29) is 25.2 Å². The van der Waals surface area contributed by atoms with E-state index in [2.05, 4.69) is 99.8 Å². The van der Waals surface area contributed by atoms with Crippen molar-refractivity contribution in [3.05, 3.63) is 85.1 Å². The molecule has 0 aliphatic rings. The molecule has 0 aromatic carbocycles. The Labute approximate surface area is 422 Å². The van der Waals surface area contributed by atoms with Gasteiger partial charge in [-0.05, 0) is 89.9 Å². The second-order valence-electron chi connectivity index (χ2n) is 19.2. The lowest BCUT2D eigenvalue weighted by Crippen LogP contribution is -2.29.